The van der Waals surface area contributed by atoms with E-state index in [-0.39, 0.29) is 0 Å². The highest BCUT2D eigenvalue weighted by atomic mass is 16.3. The summed E-state index contributed by atoms with van der Waals surface area (Å²) in [4.78, 5) is 4.59. The lowest BCUT2D eigenvalue weighted by Crippen LogP contribution is -2.15. The minimum atomic E-state index is 0.342. The molecule has 0 radical (unpaired) electrons. The molecule has 0 aromatic carbocycles. The molecule has 0 saturated heterocycles. The molecule has 1 atom stereocenters. The van der Waals surface area contributed by atoms with E-state index in [0.29, 0.717) is 5.92 Å². The van der Waals surface area contributed by atoms with Crippen molar-refractivity contribution in [2.24, 2.45) is 0 Å². The Morgan fingerprint density at radius 3 is 3.05 bits per heavy atom. The van der Waals surface area contributed by atoms with E-state index in [2.05, 4.69) is 28.5 Å². The SMILES string of the molecule is c1cnc2c(c1)CCCC2c1ccc(CNC2CC2)o1. The van der Waals surface area contributed by atoms with Gasteiger partial charge in [0.2, 0.25) is 0 Å². The Hall–Kier alpha value is -1.61. The number of rotatable bonds is 4. The number of fused-ring (bicyclic) bond motifs is 1. The first-order valence-corrected chi connectivity index (χ1v) is 7.66. The van der Waals surface area contributed by atoms with E-state index in [1.807, 2.05) is 12.3 Å². The highest BCUT2D eigenvalue weighted by Crippen LogP contribution is 2.36. The van der Waals surface area contributed by atoms with Crippen LogP contribution < -0.4 is 5.32 Å². The number of furan rings is 1. The van der Waals surface area contributed by atoms with Crippen molar-refractivity contribution in [2.75, 3.05) is 0 Å². The second kappa shape index (κ2) is 5.06. The van der Waals surface area contributed by atoms with Crippen LogP contribution >= 0.6 is 0 Å². The summed E-state index contributed by atoms with van der Waals surface area (Å²) < 4.78 is 6.06. The molecule has 3 nitrogen and oxygen atoms in total. The van der Waals surface area contributed by atoms with E-state index in [9.17, 15) is 0 Å². The Labute approximate surface area is 119 Å². The predicted octanol–water partition coefficient (Wildman–Crippen LogP) is 3.39. The molecule has 0 aliphatic heterocycles. The van der Waals surface area contributed by atoms with Crippen molar-refractivity contribution >= 4 is 0 Å². The standard InChI is InChI=1S/C17H20N2O/c1-3-12-4-2-10-18-17(12)15(5-1)16-9-8-14(20-16)11-19-13-6-7-13/h2,4,8-10,13,15,19H,1,3,5-7,11H2. The van der Waals surface area contributed by atoms with Crippen molar-refractivity contribution in [3.05, 3.63) is 53.2 Å². The van der Waals surface area contributed by atoms with Crippen LogP contribution in [0, 0.1) is 0 Å². The van der Waals surface area contributed by atoms with E-state index < -0.39 is 0 Å². The Kier molecular flexibility index (Phi) is 3.07. The summed E-state index contributed by atoms with van der Waals surface area (Å²) in [5, 5.41) is 3.50. The molecule has 104 valence electrons. The van der Waals surface area contributed by atoms with Gasteiger partial charge in [-0.3, -0.25) is 4.98 Å². The quantitative estimate of drug-likeness (QED) is 0.923. The van der Waals surface area contributed by atoms with Gasteiger partial charge in [0.1, 0.15) is 11.5 Å². The molecule has 2 aliphatic rings. The molecule has 0 amide bonds. The topological polar surface area (TPSA) is 38.1 Å². The zero-order chi connectivity index (χ0) is 13.4. The second-order valence-electron chi connectivity index (χ2n) is 5.95. The first kappa shape index (κ1) is 12.2. The predicted molar refractivity (Wildman–Crippen MR) is 77.6 cm³/mol. The highest BCUT2D eigenvalue weighted by molar-refractivity contribution is 5.32. The van der Waals surface area contributed by atoms with Crippen LogP contribution in [0.3, 0.4) is 0 Å². The molecule has 2 aromatic rings. The highest BCUT2D eigenvalue weighted by Gasteiger charge is 2.26. The van der Waals surface area contributed by atoms with Gasteiger partial charge < -0.3 is 9.73 Å². The van der Waals surface area contributed by atoms with Gasteiger partial charge in [-0.1, -0.05) is 6.07 Å². The third-order valence-electron chi connectivity index (χ3n) is 4.36. The van der Waals surface area contributed by atoms with E-state index in [1.54, 1.807) is 0 Å². The average Bonchev–Trinajstić information content (AvgIpc) is 3.21. The molecule has 0 bridgehead atoms. The fourth-order valence-electron chi connectivity index (χ4n) is 3.10. The summed E-state index contributed by atoms with van der Waals surface area (Å²) in [6.45, 7) is 0.854. The molecule has 1 fully saturated rings. The van der Waals surface area contributed by atoms with Gasteiger partial charge in [0.05, 0.1) is 18.2 Å². The lowest BCUT2D eigenvalue weighted by Gasteiger charge is -2.22. The van der Waals surface area contributed by atoms with Crippen LogP contribution in [0.2, 0.25) is 0 Å². The summed E-state index contributed by atoms with van der Waals surface area (Å²) >= 11 is 0. The minimum absolute atomic E-state index is 0.342. The fourth-order valence-corrected chi connectivity index (χ4v) is 3.10. The fraction of sp³-hybridized carbons (Fsp3) is 0.471. The van der Waals surface area contributed by atoms with Crippen LogP contribution in [0.5, 0.6) is 0 Å². The van der Waals surface area contributed by atoms with Gasteiger partial charge >= 0.3 is 0 Å². The van der Waals surface area contributed by atoms with Crippen molar-refractivity contribution in [3.8, 4) is 0 Å². The third kappa shape index (κ3) is 2.38. The maximum absolute atomic E-state index is 6.06. The van der Waals surface area contributed by atoms with Crippen LogP contribution in [-0.2, 0) is 13.0 Å². The van der Waals surface area contributed by atoms with Gasteiger partial charge in [-0.15, -0.1) is 0 Å². The molecule has 1 saturated carbocycles. The van der Waals surface area contributed by atoms with E-state index >= 15 is 0 Å². The maximum atomic E-state index is 6.06. The van der Waals surface area contributed by atoms with Gasteiger partial charge in [0.25, 0.3) is 0 Å². The lowest BCUT2D eigenvalue weighted by molar-refractivity contribution is 0.412. The summed E-state index contributed by atoms with van der Waals surface area (Å²) in [5.41, 5.74) is 2.60. The Balaban J connectivity index is 1.55. The number of aromatic nitrogens is 1. The first-order valence-electron chi connectivity index (χ1n) is 7.66. The molecular weight excluding hydrogens is 248 g/mol. The van der Waals surface area contributed by atoms with Crippen molar-refractivity contribution in [1.29, 1.82) is 0 Å². The monoisotopic (exact) mass is 268 g/mol. The molecule has 2 aromatic heterocycles. The number of pyridine rings is 1. The van der Waals surface area contributed by atoms with Crippen molar-refractivity contribution in [1.82, 2.24) is 10.3 Å². The second-order valence-corrected chi connectivity index (χ2v) is 5.95. The van der Waals surface area contributed by atoms with Gasteiger partial charge in [0, 0.05) is 12.2 Å². The summed E-state index contributed by atoms with van der Waals surface area (Å²) in [5.74, 6) is 2.47. The number of hydrogen-bond acceptors (Lipinski definition) is 3. The van der Waals surface area contributed by atoms with Crippen LogP contribution in [0.15, 0.2) is 34.9 Å². The van der Waals surface area contributed by atoms with E-state index in [0.717, 1.165) is 36.9 Å². The van der Waals surface area contributed by atoms with Crippen LogP contribution in [-0.4, -0.2) is 11.0 Å². The molecule has 2 heterocycles. The maximum Gasteiger partial charge on any atom is 0.117 e. The number of aryl methyl sites for hydroxylation is 1. The largest absolute Gasteiger partial charge is 0.464 e. The molecule has 2 aliphatic carbocycles. The molecule has 4 rings (SSSR count). The van der Waals surface area contributed by atoms with Crippen LogP contribution in [0.1, 0.15) is 54.4 Å². The normalized spacial score (nSPS) is 21.7. The van der Waals surface area contributed by atoms with E-state index in [4.69, 9.17) is 4.42 Å². The molecule has 1 N–H and O–H groups in total. The van der Waals surface area contributed by atoms with Crippen molar-refractivity contribution < 1.29 is 4.42 Å². The van der Waals surface area contributed by atoms with Crippen molar-refractivity contribution in [3.63, 3.8) is 0 Å². The minimum Gasteiger partial charge on any atom is -0.464 e. The number of hydrogen-bond donors (Lipinski definition) is 1. The third-order valence-corrected chi connectivity index (χ3v) is 4.36. The molecular formula is C17H20N2O. The van der Waals surface area contributed by atoms with Gasteiger partial charge in [-0.25, -0.2) is 0 Å². The molecule has 1 unspecified atom stereocenters. The molecule has 20 heavy (non-hydrogen) atoms. The summed E-state index contributed by atoms with van der Waals surface area (Å²) in [7, 11) is 0. The van der Waals surface area contributed by atoms with E-state index in [1.165, 1.54) is 30.5 Å². The zero-order valence-electron chi connectivity index (χ0n) is 11.6. The Morgan fingerprint density at radius 1 is 1.20 bits per heavy atom. The molecule has 0 spiro atoms. The van der Waals surface area contributed by atoms with Gasteiger partial charge in [0.15, 0.2) is 0 Å². The smallest absolute Gasteiger partial charge is 0.117 e. The van der Waals surface area contributed by atoms with Crippen LogP contribution in [0.4, 0.5) is 0 Å². The number of nitrogens with one attached hydrogen (secondary N) is 1. The summed E-state index contributed by atoms with van der Waals surface area (Å²) in [6.07, 6.45) is 8.04. The number of nitrogens with zero attached hydrogens (tertiary/aromatic N) is 1. The lowest BCUT2D eigenvalue weighted by atomic mass is 9.85. The first-order chi connectivity index (χ1) is 9.90. The van der Waals surface area contributed by atoms with Gasteiger partial charge in [-0.2, -0.15) is 0 Å². The summed E-state index contributed by atoms with van der Waals surface area (Å²) in [6, 6.07) is 9.21. The van der Waals surface area contributed by atoms with Gasteiger partial charge in [-0.05, 0) is 55.9 Å². The zero-order valence-corrected chi connectivity index (χ0v) is 11.6. The Morgan fingerprint density at radius 2 is 2.15 bits per heavy atom. The van der Waals surface area contributed by atoms with Crippen molar-refractivity contribution in [2.45, 2.75) is 50.6 Å². The van der Waals surface area contributed by atoms with Crippen LogP contribution in [0.25, 0.3) is 0 Å². The average molecular weight is 268 g/mol. The Bertz CT molecular complexity index is 601. The molecule has 3 heteroatoms.